The van der Waals surface area contributed by atoms with Gasteiger partial charge in [0, 0.05) is 16.1 Å². The zero-order valence-corrected chi connectivity index (χ0v) is 14.7. The number of amides is 1. The molecule has 0 aliphatic carbocycles. The molecule has 7 heteroatoms. The maximum atomic E-state index is 12.1. The lowest BCUT2D eigenvalue weighted by Crippen LogP contribution is -2.22. The van der Waals surface area contributed by atoms with Crippen molar-refractivity contribution < 1.29 is 9.53 Å². The Hall–Kier alpha value is -2.50. The maximum absolute atomic E-state index is 12.1. The highest BCUT2D eigenvalue weighted by Gasteiger charge is 2.09. The first-order valence-corrected chi connectivity index (χ1v) is 8.30. The highest BCUT2D eigenvalue weighted by Crippen LogP contribution is 2.17. The Morgan fingerprint density at radius 3 is 2.60 bits per heavy atom. The number of nitrogens with zero attached hydrogens (tertiary/aromatic N) is 2. The molecule has 1 N–H and O–H groups in total. The van der Waals surface area contributed by atoms with E-state index in [1.165, 1.54) is 0 Å². The van der Waals surface area contributed by atoms with Gasteiger partial charge in [-0.05, 0) is 35.9 Å². The highest BCUT2D eigenvalue weighted by atomic mass is 35.5. The molecule has 1 aromatic heterocycles. The van der Waals surface area contributed by atoms with Crippen LogP contribution < -0.4 is 10.1 Å². The van der Waals surface area contributed by atoms with Gasteiger partial charge in [0.15, 0.2) is 6.61 Å². The van der Waals surface area contributed by atoms with Gasteiger partial charge in [-0.2, -0.15) is 5.10 Å². The molecular formula is C18H15Cl2N3O2. The molecule has 0 saturated heterocycles. The first-order chi connectivity index (χ1) is 12.1. The molecular weight excluding hydrogens is 361 g/mol. The fraction of sp³-hybridized carbons (Fsp3) is 0.111. The van der Waals surface area contributed by atoms with Crippen LogP contribution in [0.1, 0.15) is 5.56 Å². The van der Waals surface area contributed by atoms with E-state index in [4.69, 9.17) is 27.9 Å². The van der Waals surface area contributed by atoms with Gasteiger partial charge in [0.2, 0.25) is 0 Å². The van der Waals surface area contributed by atoms with Crippen molar-refractivity contribution in [2.24, 2.45) is 0 Å². The first-order valence-electron chi connectivity index (χ1n) is 7.54. The van der Waals surface area contributed by atoms with Gasteiger partial charge in [0.25, 0.3) is 5.91 Å². The summed E-state index contributed by atoms with van der Waals surface area (Å²) in [5.74, 6) is 0.836. The average Bonchev–Trinajstić information content (AvgIpc) is 3.00. The van der Waals surface area contributed by atoms with E-state index in [1.54, 1.807) is 41.2 Å². The smallest absolute Gasteiger partial charge is 0.263 e. The highest BCUT2D eigenvalue weighted by molar-refractivity contribution is 6.30. The van der Waals surface area contributed by atoms with Crippen LogP contribution in [0.5, 0.6) is 5.75 Å². The van der Waals surface area contributed by atoms with Crippen molar-refractivity contribution in [3.05, 3.63) is 76.4 Å². The third kappa shape index (κ3) is 4.98. The lowest BCUT2D eigenvalue weighted by atomic mass is 10.2. The predicted octanol–water partition coefficient (Wildman–Crippen LogP) is 4.26. The van der Waals surface area contributed by atoms with E-state index >= 15 is 0 Å². The molecule has 128 valence electrons. The Labute approximate surface area is 155 Å². The van der Waals surface area contributed by atoms with Crippen LogP contribution in [0.4, 0.5) is 5.82 Å². The molecule has 5 nitrogen and oxygen atoms in total. The zero-order valence-electron chi connectivity index (χ0n) is 13.2. The molecule has 1 amide bonds. The summed E-state index contributed by atoms with van der Waals surface area (Å²) in [5, 5.41) is 8.22. The summed E-state index contributed by atoms with van der Waals surface area (Å²) in [6.45, 7) is 0.376. The molecule has 25 heavy (non-hydrogen) atoms. The molecule has 0 bridgehead atoms. The maximum Gasteiger partial charge on any atom is 0.263 e. The largest absolute Gasteiger partial charge is 0.484 e. The minimum atomic E-state index is -0.284. The van der Waals surface area contributed by atoms with Crippen molar-refractivity contribution in [1.82, 2.24) is 9.78 Å². The van der Waals surface area contributed by atoms with Crippen molar-refractivity contribution in [3.63, 3.8) is 0 Å². The number of halogens is 2. The lowest BCUT2D eigenvalue weighted by molar-refractivity contribution is -0.118. The van der Waals surface area contributed by atoms with E-state index in [2.05, 4.69) is 10.4 Å². The molecule has 1 heterocycles. The van der Waals surface area contributed by atoms with Gasteiger partial charge in [0.05, 0.1) is 12.7 Å². The second kappa shape index (κ2) is 8.05. The molecule has 0 atom stereocenters. The van der Waals surface area contributed by atoms with Crippen molar-refractivity contribution in [1.29, 1.82) is 0 Å². The monoisotopic (exact) mass is 375 g/mol. The van der Waals surface area contributed by atoms with Crippen LogP contribution in [0.25, 0.3) is 0 Å². The number of hydrogen-bond donors (Lipinski definition) is 1. The number of ether oxygens (including phenoxy) is 1. The zero-order chi connectivity index (χ0) is 17.6. The van der Waals surface area contributed by atoms with Gasteiger partial charge in [-0.3, -0.25) is 4.79 Å². The summed E-state index contributed by atoms with van der Waals surface area (Å²) in [7, 11) is 0. The van der Waals surface area contributed by atoms with Crippen LogP contribution in [-0.2, 0) is 11.3 Å². The summed E-state index contributed by atoms with van der Waals surface area (Å²) in [6, 6.07) is 16.1. The second-order valence-electron chi connectivity index (χ2n) is 5.30. The Bertz CT molecular complexity index is 880. The third-order valence-electron chi connectivity index (χ3n) is 3.37. The van der Waals surface area contributed by atoms with Crippen LogP contribution >= 0.6 is 23.2 Å². The third-order valence-corrected chi connectivity index (χ3v) is 3.84. The fourth-order valence-electron chi connectivity index (χ4n) is 2.26. The van der Waals surface area contributed by atoms with E-state index in [9.17, 15) is 4.79 Å². The number of nitrogens with one attached hydrogen (secondary N) is 1. The number of anilines is 1. The molecule has 0 saturated carbocycles. The minimum absolute atomic E-state index is 0.122. The minimum Gasteiger partial charge on any atom is -0.484 e. The fourth-order valence-corrected chi connectivity index (χ4v) is 2.65. The SMILES string of the molecule is O=C(COc1cccc(Cl)c1)Nc1ccnn1Cc1cccc(Cl)c1. The standard InChI is InChI=1S/C18H15Cl2N3O2/c19-14-4-1-3-13(9-14)11-23-17(7-8-21-23)22-18(24)12-25-16-6-2-5-15(20)10-16/h1-10H,11-12H2,(H,22,24). The van der Waals surface area contributed by atoms with E-state index in [-0.39, 0.29) is 12.5 Å². The lowest BCUT2D eigenvalue weighted by Gasteiger charge is -2.10. The summed E-state index contributed by atoms with van der Waals surface area (Å²) >= 11 is 11.9. The molecule has 3 rings (SSSR count). The van der Waals surface area contributed by atoms with E-state index in [0.29, 0.717) is 28.2 Å². The molecule has 0 unspecified atom stereocenters. The van der Waals surface area contributed by atoms with Crippen LogP contribution in [0.15, 0.2) is 60.8 Å². The quantitative estimate of drug-likeness (QED) is 0.700. The van der Waals surface area contributed by atoms with Gasteiger partial charge < -0.3 is 10.1 Å². The van der Waals surface area contributed by atoms with Crippen LogP contribution in [0, 0.1) is 0 Å². The van der Waals surface area contributed by atoms with Crippen LogP contribution in [-0.4, -0.2) is 22.3 Å². The Kier molecular flexibility index (Phi) is 5.58. The predicted molar refractivity (Wildman–Crippen MR) is 98.4 cm³/mol. The molecule has 0 radical (unpaired) electrons. The Morgan fingerprint density at radius 2 is 1.84 bits per heavy atom. The number of carbonyl (C=O) groups excluding carboxylic acids is 1. The van der Waals surface area contributed by atoms with Crippen LogP contribution in [0.2, 0.25) is 10.0 Å². The van der Waals surface area contributed by atoms with Gasteiger partial charge >= 0.3 is 0 Å². The summed E-state index contributed by atoms with van der Waals surface area (Å²) in [6.07, 6.45) is 1.62. The van der Waals surface area contributed by atoms with Gasteiger partial charge in [-0.15, -0.1) is 0 Å². The first kappa shape index (κ1) is 17.3. The van der Waals surface area contributed by atoms with Crippen LogP contribution in [0.3, 0.4) is 0 Å². The van der Waals surface area contributed by atoms with E-state index in [1.807, 2.05) is 24.3 Å². The van der Waals surface area contributed by atoms with Crippen molar-refractivity contribution >= 4 is 34.9 Å². The molecule has 2 aromatic carbocycles. The molecule has 0 fully saturated rings. The molecule has 0 spiro atoms. The second-order valence-corrected chi connectivity index (χ2v) is 6.17. The number of benzene rings is 2. The van der Waals surface area contributed by atoms with E-state index < -0.39 is 0 Å². The van der Waals surface area contributed by atoms with Crippen molar-refractivity contribution in [2.75, 3.05) is 11.9 Å². The molecule has 0 aliphatic heterocycles. The summed E-state index contributed by atoms with van der Waals surface area (Å²) in [5.41, 5.74) is 0.988. The van der Waals surface area contributed by atoms with Gasteiger partial charge in [-0.25, -0.2) is 4.68 Å². The van der Waals surface area contributed by atoms with Gasteiger partial charge in [0.1, 0.15) is 11.6 Å². The molecule has 3 aromatic rings. The number of carbonyl (C=O) groups is 1. The topological polar surface area (TPSA) is 56.1 Å². The van der Waals surface area contributed by atoms with Gasteiger partial charge in [-0.1, -0.05) is 41.4 Å². The average molecular weight is 376 g/mol. The Balaban J connectivity index is 1.59. The molecule has 0 aliphatic rings. The van der Waals surface area contributed by atoms with E-state index in [0.717, 1.165) is 5.56 Å². The summed E-state index contributed by atoms with van der Waals surface area (Å²) in [4.78, 5) is 12.1. The normalized spacial score (nSPS) is 10.5. The number of hydrogen-bond acceptors (Lipinski definition) is 3. The van der Waals surface area contributed by atoms with Crippen molar-refractivity contribution in [2.45, 2.75) is 6.54 Å². The summed E-state index contributed by atoms with van der Waals surface area (Å²) < 4.78 is 7.11. The number of aromatic nitrogens is 2. The Morgan fingerprint density at radius 1 is 1.08 bits per heavy atom. The number of rotatable bonds is 6. The van der Waals surface area contributed by atoms with Crippen molar-refractivity contribution in [3.8, 4) is 5.75 Å².